The van der Waals surface area contributed by atoms with E-state index in [2.05, 4.69) is 11.3 Å². The summed E-state index contributed by atoms with van der Waals surface area (Å²) >= 11 is 12.4. The van der Waals surface area contributed by atoms with Crippen molar-refractivity contribution >= 4 is 44.8 Å². The molecular formula is C30H26Cl2N2O5S. The zero-order valence-electron chi connectivity index (χ0n) is 21.5. The summed E-state index contributed by atoms with van der Waals surface area (Å²) in [4.78, 5) is 15.2. The Hall–Kier alpha value is -3.98. The maximum absolute atomic E-state index is 13.7. The lowest BCUT2D eigenvalue weighted by Crippen LogP contribution is -2.31. The van der Waals surface area contributed by atoms with Gasteiger partial charge in [-0.05, 0) is 72.3 Å². The van der Waals surface area contributed by atoms with Gasteiger partial charge in [-0.25, -0.2) is 8.42 Å². The second kappa shape index (κ2) is 12.9. The number of nitrogens with zero attached hydrogens (tertiary/aromatic N) is 1. The van der Waals surface area contributed by atoms with Crippen molar-refractivity contribution in [2.75, 3.05) is 18.4 Å². The van der Waals surface area contributed by atoms with Crippen LogP contribution in [0.25, 0.3) is 0 Å². The Morgan fingerprint density at radius 1 is 0.950 bits per heavy atom. The van der Waals surface area contributed by atoms with Gasteiger partial charge < -0.3 is 14.4 Å². The summed E-state index contributed by atoms with van der Waals surface area (Å²) in [7, 11) is -2.50. The Morgan fingerprint density at radius 2 is 1.70 bits per heavy atom. The number of halogens is 2. The predicted molar refractivity (Wildman–Crippen MR) is 158 cm³/mol. The number of para-hydroxylation sites is 1. The number of hydrogen-bond acceptors (Lipinski definition) is 5. The summed E-state index contributed by atoms with van der Waals surface area (Å²) in [5.74, 6) is 1.08. The molecule has 1 amide bonds. The van der Waals surface area contributed by atoms with Crippen molar-refractivity contribution < 1.29 is 22.7 Å². The fraction of sp³-hybridized carbons (Fsp3) is 0.100. The van der Waals surface area contributed by atoms with Gasteiger partial charge in [0.1, 0.15) is 17.2 Å². The minimum Gasteiger partial charge on any atom is -0.497 e. The first-order valence-electron chi connectivity index (χ1n) is 12.1. The third-order valence-electron chi connectivity index (χ3n) is 5.80. The summed E-state index contributed by atoms with van der Waals surface area (Å²) in [5.41, 5.74) is 1.02. The number of nitrogens with one attached hydrogen (secondary N) is 1. The maximum atomic E-state index is 13.7. The van der Waals surface area contributed by atoms with Crippen molar-refractivity contribution in [3.8, 4) is 17.2 Å². The Balaban J connectivity index is 1.58. The van der Waals surface area contributed by atoms with Crippen molar-refractivity contribution in [1.82, 2.24) is 4.90 Å². The van der Waals surface area contributed by atoms with Gasteiger partial charge in [0, 0.05) is 18.1 Å². The highest BCUT2D eigenvalue weighted by atomic mass is 35.5. The quantitative estimate of drug-likeness (QED) is 0.182. The van der Waals surface area contributed by atoms with Crippen molar-refractivity contribution in [2.45, 2.75) is 11.4 Å². The van der Waals surface area contributed by atoms with Crippen LogP contribution in [-0.4, -0.2) is 32.9 Å². The molecule has 0 aliphatic heterocycles. The number of anilines is 1. The molecule has 0 radical (unpaired) electrons. The average molecular weight is 598 g/mol. The number of carbonyl (C=O) groups is 1. The summed E-state index contributed by atoms with van der Waals surface area (Å²) in [5, 5.41) is 0.713. The van der Waals surface area contributed by atoms with Gasteiger partial charge in [-0.1, -0.05) is 53.5 Å². The van der Waals surface area contributed by atoms with Crippen LogP contribution < -0.4 is 14.2 Å². The minimum absolute atomic E-state index is 0.0216. The molecule has 0 aliphatic rings. The van der Waals surface area contributed by atoms with Crippen LogP contribution in [0.4, 0.5) is 5.69 Å². The standard InChI is InChI=1S/C30H26Cl2N2O5S/c1-3-17-34(20-21-7-6-8-24(18-21)38-2)30(35)26-19-22(31)11-16-28(26)33-40(36,37)25-14-12-23(13-15-25)39-29-10-5-4-9-27(29)32/h3-16,18-19,33H,1,17,20H2,2H3. The molecule has 0 bridgehead atoms. The molecule has 0 fully saturated rings. The molecule has 0 aromatic heterocycles. The van der Waals surface area contributed by atoms with Crippen molar-refractivity contribution in [1.29, 1.82) is 0 Å². The molecular weight excluding hydrogens is 571 g/mol. The predicted octanol–water partition coefficient (Wildman–Crippen LogP) is 7.42. The third kappa shape index (κ3) is 7.15. The Labute approximate surface area is 243 Å². The van der Waals surface area contributed by atoms with Crippen LogP contribution in [0.15, 0.2) is 109 Å². The van der Waals surface area contributed by atoms with Gasteiger partial charge in [-0.3, -0.25) is 9.52 Å². The van der Waals surface area contributed by atoms with Gasteiger partial charge in [0.05, 0.1) is 28.3 Å². The zero-order valence-corrected chi connectivity index (χ0v) is 23.8. The number of carbonyl (C=O) groups excluding carboxylic acids is 1. The number of rotatable bonds is 11. The summed E-state index contributed by atoms with van der Waals surface area (Å²) < 4.78 is 40.1. The second-order valence-electron chi connectivity index (χ2n) is 8.63. The van der Waals surface area contributed by atoms with Gasteiger partial charge in [0.15, 0.2) is 0 Å². The number of methoxy groups -OCH3 is 1. The van der Waals surface area contributed by atoms with Crippen LogP contribution >= 0.6 is 23.2 Å². The van der Waals surface area contributed by atoms with Crippen LogP contribution in [0, 0.1) is 0 Å². The second-order valence-corrected chi connectivity index (χ2v) is 11.2. The first kappa shape index (κ1) is 29.0. The van der Waals surface area contributed by atoms with Crippen LogP contribution in [-0.2, 0) is 16.6 Å². The molecule has 4 rings (SSSR count). The zero-order chi connectivity index (χ0) is 28.7. The molecule has 1 N–H and O–H groups in total. The highest BCUT2D eigenvalue weighted by molar-refractivity contribution is 7.92. The van der Waals surface area contributed by atoms with E-state index in [1.165, 1.54) is 47.4 Å². The van der Waals surface area contributed by atoms with E-state index in [0.29, 0.717) is 22.3 Å². The maximum Gasteiger partial charge on any atom is 0.261 e. The first-order valence-corrected chi connectivity index (χ1v) is 14.3. The molecule has 40 heavy (non-hydrogen) atoms. The SMILES string of the molecule is C=CCN(Cc1cccc(OC)c1)C(=O)c1cc(Cl)ccc1NS(=O)(=O)c1ccc(Oc2ccccc2Cl)cc1. The number of sulfonamides is 1. The number of amides is 1. The van der Waals surface area contributed by atoms with E-state index < -0.39 is 15.9 Å². The van der Waals surface area contributed by atoms with E-state index >= 15 is 0 Å². The van der Waals surface area contributed by atoms with Gasteiger partial charge in [0.25, 0.3) is 15.9 Å². The lowest BCUT2D eigenvalue weighted by atomic mass is 10.1. The molecule has 0 heterocycles. The van der Waals surface area contributed by atoms with Crippen LogP contribution in [0.3, 0.4) is 0 Å². The van der Waals surface area contributed by atoms with E-state index in [-0.39, 0.29) is 34.3 Å². The fourth-order valence-corrected chi connectivity index (χ4v) is 5.29. The highest BCUT2D eigenvalue weighted by Crippen LogP contribution is 2.30. The van der Waals surface area contributed by atoms with E-state index in [1.54, 1.807) is 37.5 Å². The van der Waals surface area contributed by atoms with E-state index in [4.69, 9.17) is 32.7 Å². The molecule has 0 unspecified atom stereocenters. The molecule has 0 saturated heterocycles. The molecule has 0 aliphatic carbocycles. The summed E-state index contributed by atoms with van der Waals surface area (Å²) in [6.07, 6.45) is 1.60. The lowest BCUT2D eigenvalue weighted by molar-refractivity contribution is 0.0763. The molecule has 0 atom stereocenters. The van der Waals surface area contributed by atoms with Crippen molar-refractivity contribution in [3.05, 3.63) is 125 Å². The fourth-order valence-electron chi connectivity index (χ4n) is 3.86. The van der Waals surface area contributed by atoms with Gasteiger partial charge in [-0.2, -0.15) is 0 Å². The summed E-state index contributed by atoms with van der Waals surface area (Å²) in [6, 6.07) is 24.5. The highest BCUT2D eigenvalue weighted by Gasteiger charge is 2.23. The van der Waals surface area contributed by atoms with Crippen molar-refractivity contribution in [2.24, 2.45) is 0 Å². The van der Waals surface area contributed by atoms with Crippen LogP contribution in [0.1, 0.15) is 15.9 Å². The van der Waals surface area contributed by atoms with E-state index in [1.807, 2.05) is 24.3 Å². The smallest absolute Gasteiger partial charge is 0.261 e. The normalized spacial score (nSPS) is 11.0. The van der Waals surface area contributed by atoms with Crippen LogP contribution in [0.5, 0.6) is 17.2 Å². The molecule has 0 saturated carbocycles. The monoisotopic (exact) mass is 596 g/mol. The molecule has 4 aromatic carbocycles. The molecule has 7 nitrogen and oxygen atoms in total. The van der Waals surface area contributed by atoms with E-state index in [0.717, 1.165) is 5.56 Å². The topological polar surface area (TPSA) is 84.9 Å². The first-order chi connectivity index (χ1) is 19.2. The van der Waals surface area contributed by atoms with Crippen LogP contribution in [0.2, 0.25) is 10.0 Å². The molecule has 206 valence electrons. The Bertz CT molecular complexity index is 1630. The molecule has 4 aromatic rings. The largest absolute Gasteiger partial charge is 0.497 e. The number of hydrogen-bond donors (Lipinski definition) is 1. The third-order valence-corrected chi connectivity index (χ3v) is 7.73. The number of benzene rings is 4. The Morgan fingerprint density at radius 3 is 2.40 bits per heavy atom. The molecule has 10 heteroatoms. The lowest BCUT2D eigenvalue weighted by Gasteiger charge is -2.23. The van der Waals surface area contributed by atoms with Gasteiger partial charge in [-0.15, -0.1) is 6.58 Å². The molecule has 0 spiro atoms. The Kier molecular flexibility index (Phi) is 9.37. The summed E-state index contributed by atoms with van der Waals surface area (Å²) in [6.45, 7) is 4.22. The van der Waals surface area contributed by atoms with Gasteiger partial charge in [0.2, 0.25) is 0 Å². The van der Waals surface area contributed by atoms with E-state index in [9.17, 15) is 13.2 Å². The number of ether oxygens (including phenoxy) is 2. The minimum atomic E-state index is -4.07. The van der Waals surface area contributed by atoms with Gasteiger partial charge >= 0.3 is 0 Å². The average Bonchev–Trinajstić information content (AvgIpc) is 2.95. The van der Waals surface area contributed by atoms with Crippen molar-refractivity contribution in [3.63, 3.8) is 0 Å².